The molecule has 0 fully saturated rings. The number of sulfonamides is 1. The standard InChI is InChI=1S/C26H23NO6S/c1-34(30,31)27-12-4-6-18-13-19(8-10-22(18)27)23(28)16-33-25(29)14-20-15-32-24-11-9-17-5-2-3-7-21(17)26(20)24/h2-3,5,7-11,13,15H,4,6,12,14,16H2,1H3. The average Bonchev–Trinajstić information content (AvgIpc) is 3.24. The first-order valence-corrected chi connectivity index (χ1v) is 12.8. The van der Waals surface area contributed by atoms with Crippen molar-refractivity contribution in [1.82, 2.24) is 0 Å². The number of ketones is 1. The number of hydrogen-bond donors (Lipinski definition) is 0. The molecule has 0 saturated carbocycles. The molecule has 0 unspecified atom stereocenters. The van der Waals surface area contributed by atoms with E-state index in [1.54, 1.807) is 24.5 Å². The van der Waals surface area contributed by atoms with Gasteiger partial charge in [-0.05, 0) is 53.4 Å². The number of aryl methyl sites for hydroxylation is 1. The van der Waals surface area contributed by atoms with Gasteiger partial charge in [0, 0.05) is 23.1 Å². The Morgan fingerprint density at radius 2 is 1.91 bits per heavy atom. The highest BCUT2D eigenvalue weighted by atomic mass is 32.2. The zero-order valence-corrected chi connectivity index (χ0v) is 19.4. The first-order valence-electron chi connectivity index (χ1n) is 11.0. The van der Waals surface area contributed by atoms with Crippen molar-refractivity contribution in [2.75, 3.05) is 23.7 Å². The lowest BCUT2D eigenvalue weighted by molar-refractivity contribution is -0.141. The molecule has 0 radical (unpaired) electrons. The average molecular weight is 478 g/mol. The van der Waals surface area contributed by atoms with Gasteiger partial charge in [-0.15, -0.1) is 0 Å². The van der Waals surface area contributed by atoms with E-state index in [1.807, 2.05) is 36.4 Å². The number of anilines is 1. The summed E-state index contributed by atoms with van der Waals surface area (Å²) in [6.07, 6.45) is 4.08. The number of carbonyl (C=O) groups excluding carboxylic acids is 2. The molecule has 7 nitrogen and oxygen atoms in total. The molecule has 34 heavy (non-hydrogen) atoms. The number of nitrogens with zero attached hydrogens (tertiary/aromatic N) is 1. The van der Waals surface area contributed by atoms with Crippen LogP contribution in [0.4, 0.5) is 5.69 Å². The molecule has 0 N–H and O–H groups in total. The van der Waals surface area contributed by atoms with Crippen LogP contribution in [0.1, 0.15) is 27.9 Å². The molecule has 0 amide bonds. The zero-order valence-electron chi connectivity index (χ0n) is 18.6. The third-order valence-electron chi connectivity index (χ3n) is 6.12. The molecule has 3 aromatic carbocycles. The van der Waals surface area contributed by atoms with E-state index in [0.29, 0.717) is 41.8 Å². The molecule has 4 aromatic rings. The van der Waals surface area contributed by atoms with Gasteiger partial charge in [-0.2, -0.15) is 0 Å². The molecule has 2 heterocycles. The lowest BCUT2D eigenvalue weighted by Gasteiger charge is -2.29. The number of rotatable bonds is 6. The lowest BCUT2D eigenvalue weighted by atomic mass is 9.99. The number of esters is 1. The van der Waals surface area contributed by atoms with Gasteiger partial charge in [-0.3, -0.25) is 13.9 Å². The maximum atomic E-state index is 12.7. The summed E-state index contributed by atoms with van der Waals surface area (Å²) >= 11 is 0. The summed E-state index contributed by atoms with van der Waals surface area (Å²) < 4.78 is 36.3. The first-order chi connectivity index (χ1) is 16.3. The first kappa shape index (κ1) is 22.2. The Hall–Kier alpha value is -3.65. The van der Waals surface area contributed by atoms with E-state index in [2.05, 4.69) is 0 Å². The highest BCUT2D eigenvalue weighted by Crippen LogP contribution is 2.31. The van der Waals surface area contributed by atoms with Crippen LogP contribution in [0.5, 0.6) is 0 Å². The van der Waals surface area contributed by atoms with Gasteiger partial charge in [0.1, 0.15) is 5.58 Å². The van der Waals surface area contributed by atoms with Crippen LogP contribution in [0, 0.1) is 0 Å². The summed E-state index contributed by atoms with van der Waals surface area (Å²) in [4.78, 5) is 25.2. The Kier molecular flexibility index (Phi) is 5.61. The van der Waals surface area contributed by atoms with Crippen molar-refractivity contribution in [2.45, 2.75) is 19.3 Å². The van der Waals surface area contributed by atoms with E-state index in [-0.39, 0.29) is 18.8 Å². The van der Waals surface area contributed by atoms with Crippen LogP contribution < -0.4 is 4.31 Å². The number of ether oxygens (including phenoxy) is 1. The normalized spacial score (nSPS) is 13.7. The zero-order chi connectivity index (χ0) is 23.9. The van der Waals surface area contributed by atoms with Crippen LogP contribution in [0.25, 0.3) is 21.7 Å². The Morgan fingerprint density at radius 1 is 1.09 bits per heavy atom. The molecule has 0 saturated heterocycles. The van der Waals surface area contributed by atoms with Crippen LogP contribution in [0.15, 0.2) is 65.3 Å². The van der Waals surface area contributed by atoms with E-state index in [4.69, 9.17) is 9.15 Å². The summed E-state index contributed by atoms with van der Waals surface area (Å²) in [7, 11) is -3.38. The van der Waals surface area contributed by atoms with Crippen LogP contribution >= 0.6 is 0 Å². The molecule has 0 bridgehead atoms. The Balaban J connectivity index is 1.28. The number of carbonyl (C=O) groups is 2. The van der Waals surface area contributed by atoms with Crippen molar-refractivity contribution in [3.05, 3.63) is 77.6 Å². The van der Waals surface area contributed by atoms with Crippen LogP contribution in [-0.4, -0.2) is 39.6 Å². The molecule has 0 aliphatic carbocycles. The minimum absolute atomic E-state index is 0.0121. The fourth-order valence-electron chi connectivity index (χ4n) is 4.52. The fraction of sp³-hybridized carbons (Fsp3) is 0.231. The highest BCUT2D eigenvalue weighted by molar-refractivity contribution is 7.92. The van der Waals surface area contributed by atoms with Crippen LogP contribution in [0.2, 0.25) is 0 Å². The molecular formula is C26H23NO6S. The quantitative estimate of drug-likeness (QED) is 0.304. The molecule has 1 aromatic heterocycles. The van der Waals surface area contributed by atoms with Gasteiger partial charge >= 0.3 is 5.97 Å². The molecule has 174 valence electrons. The predicted molar refractivity (Wildman–Crippen MR) is 130 cm³/mol. The van der Waals surface area contributed by atoms with E-state index < -0.39 is 16.0 Å². The molecule has 1 aliphatic heterocycles. The van der Waals surface area contributed by atoms with Crippen molar-refractivity contribution in [2.24, 2.45) is 0 Å². The molecule has 8 heteroatoms. The van der Waals surface area contributed by atoms with E-state index in [9.17, 15) is 18.0 Å². The molecule has 0 spiro atoms. The topological polar surface area (TPSA) is 93.9 Å². The number of fused-ring (bicyclic) bond motifs is 4. The number of Topliss-reactive ketones (excluding diaryl/α,β-unsaturated/α-hetero) is 1. The van der Waals surface area contributed by atoms with Crippen molar-refractivity contribution >= 4 is 49.2 Å². The van der Waals surface area contributed by atoms with Crippen molar-refractivity contribution in [3.63, 3.8) is 0 Å². The van der Waals surface area contributed by atoms with Gasteiger partial charge in [0.15, 0.2) is 12.4 Å². The largest absolute Gasteiger partial charge is 0.464 e. The number of hydrogen-bond acceptors (Lipinski definition) is 6. The maximum Gasteiger partial charge on any atom is 0.310 e. The fourth-order valence-corrected chi connectivity index (χ4v) is 5.52. The van der Waals surface area contributed by atoms with E-state index >= 15 is 0 Å². The van der Waals surface area contributed by atoms with Gasteiger partial charge in [0.2, 0.25) is 10.0 Å². The monoisotopic (exact) mass is 477 g/mol. The summed E-state index contributed by atoms with van der Waals surface area (Å²) in [6, 6.07) is 16.6. The Labute approximate surface area is 197 Å². The molecule has 0 atom stereocenters. The minimum atomic E-state index is -3.38. The summed E-state index contributed by atoms with van der Waals surface area (Å²) in [5.74, 6) is -0.861. The lowest BCUT2D eigenvalue weighted by Crippen LogP contribution is -2.34. The van der Waals surface area contributed by atoms with Gasteiger partial charge in [0.05, 0.1) is 24.6 Å². The summed E-state index contributed by atoms with van der Waals surface area (Å²) in [5, 5.41) is 2.90. The predicted octanol–water partition coefficient (Wildman–Crippen LogP) is 4.27. The minimum Gasteiger partial charge on any atom is -0.464 e. The van der Waals surface area contributed by atoms with E-state index in [0.717, 1.165) is 21.7 Å². The number of furan rings is 1. The Morgan fingerprint density at radius 3 is 2.74 bits per heavy atom. The second kappa shape index (κ2) is 8.61. The summed E-state index contributed by atoms with van der Waals surface area (Å²) in [5.41, 5.74) is 3.18. The molecule has 1 aliphatic rings. The van der Waals surface area contributed by atoms with Gasteiger partial charge in [-0.1, -0.05) is 30.3 Å². The van der Waals surface area contributed by atoms with Crippen LogP contribution in [-0.2, 0) is 32.4 Å². The van der Waals surface area contributed by atoms with E-state index in [1.165, 1.54) is 10.6 Å². The van der Waals surface area contributed by atoms with Gasteiger partial charge in [0.25, 0.3) is 0 Å². The van der Waals surface area contributed by atoms with Crippen molar-refractivity contribution in [3.8, 4) is 0 Å². The van der Waals surface area contributed by atoms with Crippen molar-refractivity contribution < 1.29 is 27.2 Å². The van der Waals surface area contributed by atoms with Gasteiger partial charge < -0.3 is 9.15 Å². The highest BCUT2D eigenvalue weighted by Gasteiger charge is 2.25. The van der Waals surface area contributed by atoms with Crippen molar-refractivity contribution in [1.29, 1.82) is 0 Å². The smallest absolute Gasteiger partial charge is 0.310 e. The summed E-state index contributed by atoms with van der Waals surface area (Å²) in [6.45, 7) is 0.0403. The SMILES string of the molecule is CS(=O)(=O)N1CCCc2cc(C(=O)COC(=O)Cc3coc4ccc5ccccc5c34)ccc21. The second-order valence-electron chi connectivity index (χ2n) is 8.46. The van der Waals surface area contributed by atoms with Gasteiger partial charge in [-0.25, -0.2) is 8.42 Å². The maximum absolute atomic E-state index is 12.7. The molecular weight excluding hydrogens is 454 g/mol. The molecule has 5 rings (SSSR count). The van der Waals surface area contributed by atoms with Crippen LogP contribution in [0.3, 0.4) is 0 Å². The number of benzene rings is 3. The third-order valence-corrected chi connectivity index (χ3v) is 7.30. The second-order valence-corrected chi connectivity index (χ2v) is 10.4. The Bertz CT molecular complexity index is 1540. The third kappa shape index (κ3) is 4.17.